The molecule has 0 aliphatic heterocycles. The molecule has 2 aromatic heterocycles. The van der Waals surface area contributed by atoms with E-state index in [0.717, 1.165) is 42.1 Å². The number of pyridine rings is 2. The first-order valence-corrected chi connectivity index (χ1v) is 10.1. The van der Waals surface area contributed by atoms with Crippen molar-refractivity contribution in [2.75, 3.05) is 11.1 Å². The van der Waals surface area contributed by atoms with Gasteiger partial charge in [0.15, 0.2) is 5.82 Å². The Morgan fingerprint density at radius 2 is 1.93 bits per heavy atom. The highest BCUT2D eigenvalue weighted by Crippen LogP contribution is 2.41. The van der Waals surface area contributed by atoms with Gasteiger partial charge in [-0.2, -0.15) is 0 Å². The van der Waals surface area contributed by atoms with E-state index in [2.05, 4.69) is 15.3 Å². The smallest absolute Gasteiger partial charge is 0.228 e. The molecule has 3 aromatic rings. The second-order valence-electron chi connectivity index (χ2n) is 7.89. The van der Waals surface area contributed by atoms with Gasteiger partial charge in [-0.25, -0.2) is 9.37 Å². The largest absolute Gasteiger partial charge is 0.396 e. The zero-order valence-corrected chi connectivity index (χ0v) is 16.4. The minimum absolute atomic E-state index is 0.0460. The number of anilines is 2. The number of carbonyl (C=O) groups is 1. The molecule has 0 spiro atoms. The number of nitrogens with two attached hydrogens (primary N) is 1. The molecule has 0 unspecified atom stereocenters. The van der Waals surface area contributed by atoms with E-state index in [-0.39, 0.29) is 17.6 Å². The Kier molecular flexibility index (Phi) is 5.43. The lowest BCUT2D eigenvalue weighted by Crippen LogP contribution is -2.30. The molecule has 1 saturated carbocycles. The van der Waals surface area contributed by atoms with Crippen molar-refractivity contribution >= 4 is 28.3 Å². The normalized spacial score (nSPS) is 20.3. The van der Waals surface area contributed by atoms with E-state index in [4.69, 9.17) is 5.73 Å². The van der Waals surface area contributed by atoms with Crippen LogP contribution in [0.5, 0.6) is 0 Å². The second kappa shape index (κ2) is 8.15. The Morgan fingerprint density at radius 3 is 2.69 bits per heavy atom. The van der Waals surface area contributed by atoms with Gasteiger partial charge in [0.2, 0.25) is 5.91 Å². The topological polar surface area (TPSA) is 80.9 Å². The molecule has 1 aromatic carbocycles. The molecule has 0 saturated heterocycles. The van der Waals surface area contributed by atoms with Crippen LogP contribution in [0.25, 0.3) is 10.9 Å². The van der Waals surface area contributed by atoms with E-state index in [1.54, 1.807) is 36.7 Å². The zero-order valence-electron chi connectivity index (χ0n) is 16.4. The van der Waals surface area contributed by atoms with E-state index in [9.17, 15) is 9.18 Å². The molecular weight excluding hydrogens is 367 g/mol. The van der Waals surface area contributed by atoms with Crippen LogP contribution in [0.4, 0.5) is 15.9 Å². The molecule has 1 aliphatic carbocycles. The number of fused-ring (bicyclic) bond motifs is 1. The molecule has 0 bridgehead atoms. The highest BCUT2D eigenvalue weighted by atomic mass is 19.1. The first-order valence-electron chi connectivity index (χ1n) is 10.1. The van der Waals surface area contributed by atoms with Crippen LogP contribution in [-0.2, 0) is 4.79 Å². The number of aromatic nitrogens is 2. The Hall–Kier alpha value is -3.02. The third kappa shape index (κ3) is 4.06. The van der Waals surface area contributed by atoms with Crippen LogP contribution < -0.4 is 11.1 Å². The number of rotatable bonds is 4. The van der Waals surface area contributed by atoms with Gasteiger partial charge in [-0.15, -0.1) is 0 Å². The Morgan fingerprint density at radius 1 is 1.14 bits per heavy atom. The predicted molar refractivity (Wildman–Crippen MR) is 113 cm³/mol. The number of hydrogen-bond donors (Lipinski definition) is 2. The monoisotopic (exact) mass is 392 g/mol. The molecule has 0 radical (unpaired) electrons. The van der Waals surface area contributed by atoms with Crippen LogP contribution in [0, 0.1) is 17.7 Å². The molecule has 3 N–H and O–H groups in total. The zero-order chi connectivity index (χ0) is 20.4. The fraction of sp³-hybridized carbons (Fsp3) is 0.348. The lowest BCUT2D eigenvalue weighted by Gasteiger charge is -2.32. The minimum Gasteiger partial charge on any atom is -0.396 e. The maximum atomic E-state index is 13.8. The number of benzene rings is 1. The van der Waals surface area contributed by atoms with E-state index in [0.29, 0.717) is 23.3 Å². The number of nitrogens with one attached hydrogen (secondary N) is 1. The van der Waals surface area contributed by atoms with Crippen molar-refractivity contribution in [3.8, 4) is 0 Å². The first kappa shape index (κ1) is 19.3. The third-order valence-corrected chi connectivity index (χ3v) is 6.15. The van der Waals surface area contributed by atoms with Gasteiger partial charge in [0.25, 0.3) is 0 Å². The maximum absolute atomic E-state index is 13.8. The Bertz CT molecular complexity index is 1030. The molecule has 29 heavy (non-hydrogen) atoms. The molecule has 5 nitrogen and oxygen atoms in total. The molecule has 1 aliphatic rings. The SMILES string of the molecule is C[C@@H](C(=O)Nc1ncccc1N)C1CCC(c2ccnc3ccc(F)cc23)CC1. The minimum atomic E-state index is -0.237. The fourth-order valence-corrected chi connectivity index (χ4v) is 4.39. The Labute approximate surface area is 169 Å². The number of halogens is 1. The fourth-order valence-electron chi connectivity index (χ4n) is 4.39. The number of amides is 1. The summed E-state index contributed by atoms with van der Waals surface area (Å²) in [5, 5.41) is 3.75. The summed E-state index contributed by atoms with van der Waals surface area (Å²) in [6.07, 6.45) is 7.28. The van der Waals surface area contributed by atoms with E-state index >= 15 is 0 Å². The van der Waals surface area contributed by atoms with Crippen LogP contribution >= 0.6 is 0 Å². The lowest BCUT2D eigenvalue weighted by molar-refractivity contribution is -0.121. The number of carbonyl (C=O) groups excluding carboxylic acids is 1. The molecule has 4 rings (SSSR count). The molecule has 1 amide bonds. The van der Waals surface area contributed by atoms with Gasteiger partial charge in [-0.1, -0.05) is 6.92 Å². The van der Waals surface area contributed by atoms with Crippen molar-refractivity contribution in [2.24, 2.45) is 11.8 Å². The summed E-state index contributed by atoms with van der Waals surface area (Å²) in [6, 6.07) is 10.2. The molecule has 150 valence electrons. The van der Waals surface area contributed by atoms with Gasteiger partial charge in [0, 0.05) is 23.7 Å². The van der Waals surface area contributed by atoms with Gasteiger partial charge < -0.3 is 11.1 Å². The Balaban J connectivity index is 1.42. The van der Waals surface area contributed by atoms with Gasteiger partial charge in [-0.05, 0) is 79.5 Å². The second-order valence-corrected chi connectivity index (χ2v) is 7.89. The average Bonchev–Trinajstić information content (AvgIpc) is 2.74. The predicted octanol–water partition coefficient (Wildman–Crippen LogP) is 4.90. The van der Waals surface area contributed by atoms with Gasteiger partial charge >= 0.3 is 0 Å². The molecule has 1 atom stereocenters. The lowest BCUT2D eigenvalue weighted by atomic mass is 9.73. The molecule has 1 fully saturated rings. The summed E-state index contributed by atoms with van der Waals surface area (Å²) in [6.45, 7) is 1.97. The van der Waals surface area contributed by atoms with Crippen molar-refractivity contribution < 1.29 is 9.18 Å². The van der Waals surface area contributed by atoms with Crippen LogP contribution in [0.3, 0.4) is 0 Å². The summed E-state index contributed by atoms with van der Waals surface area (Å²) in [7, 11) is 0. The summed E-state index contributed by atoms with van der Waals surface area (Å²) < 4.78 is 13.8. The van der Waals surface area contributed by atoms with Crippen molar-refractivity contribution in [1.82, 2.24) is 9.97 Å². The van der Waals surface area contributed by atoms with E-state index in [1.165, 1.54) is 6.07 Å². The summed E-state index contributed by atoms with van der Waals surface area (Å²) in [4.78, 5) is 21.2. The van der Waals surface area contributed by atoms with Crippen molar-refractivity contribution in [1.29, 1.82) is 0 Å². The van der Waals surface area contributed by atoms with Crippen LogP contribution in [0.1, 0.15) is 44.1 Å². The van der Waals surface area contributed by atoms with E-state index < -0.39 is 0 Å². The van der Waals surface area contributed by atoms with Crippen LogP contribution in [-0.4, -0.2) is 15.9 Å². The highest BCUT2D eigenvalue weighted by molar-refractivity contribution is 5.94. The molecule has 2 heterocycles. The van der Waals surface area contributed by atoms with Crippen molar-refractivity contribution in [3.05, 3.63) is 60.2 Å². The summed E-state index contributed by atoms with van der Waals surface area (Å²) >= 11 is 0. The van der Waals surface area contributed by atoms with Gasteiger partial charge in [0.1, 0.15) is 5.82 Å². The third-order valence-electron chi connectivity index (χ3n) is 6.15. The first-order chi connectivity index (χ1) is 14.0. The number of nitrogens with zero attached hydrogens (tertiary/aromatic N) is 2. The maximum Gasteiger partial charge on any atom is 0.228 e. The van der Waals surface area contributed by atoms with Crippen LogP contribution in [0.15, 0.2) is 48.8 Å². The summed E-state index contributed by atoms with van der Waals surface area (Å²) in [5.41, 5.74) is 8.33. The number of nitrogen functional groups attached to an aromatic ring is 1. The van der Waals surface area contributed by atoms with Crippen LogP contribution in [0.2, 0.25) is 0 Å². The van der Waals surface area contributed by atoms with E-state index in [1.807, 2.05) is 13.0 Å². The number of hydrogen-bond acceptors (Lipinski definition) is 4. The molecule has 6 heteroatoms. The van der Waals surface area contributed by atoms with Gasteiger partial charge in [0.05, 0.1) is 11.2 Å². The van der Waals surface area contributed by atoms with Crippen molar-refractivity contribution in [2.45, 2.75) is 38.5 Å². The average molecular weight is 392 g/mol. The summed E-state index contributed by atoms with van der Waals surface area (Å²) in [5.74, 6) is 0.684. The molecular formula is C23H25FN4O. The quantitative estimate of drug-likeness (QED) is 0.662. The highest BCUT2D eigenvalue weighted by Gasteiger charge is 2.30. The van der Waals surface area contributed by atoms with Gasteiger partial charge in [-0.3, -0.25) is 9.78 Å². The van der Waals surface area contributed by atoms with Crippen molar-refractivity contribution in [3.63, 3.8) is 0 Å². The standard InChI is InChI=1S/C23H25FN4O/c1-14(23(29)28-22-20(25)3-2-11-27-22)15-4-6-16(7-5-15)18-10-12-26-21-9-8-17(24)13-19(18)21/h2-3,8-16H,4-7,25H2,1H3,(H,27,28,29)/t14-,15?,16?/m1/s1.